The topological polar surface area (TPSA) is 52.7 Å². The number of fused-ring (bicyclic) bond motifs is 1. The molecule has 1 saturated heterocycles. The summed E-state index contributed by atoms with van der Waals surface area (Å²) in [5.41, 5.74) is 3.45. The Bertz CT molecular complexity index is 913. The maximum atomic E-state index is 12.9. The first-order valence-corrected chi connectivity index (χ1v) is 12.0. The maximum absolute atomic E-state index is 12.9. The Labute approximate surface area is 180 Å². The normalized spacial score (nSPS) is 16.3. The lowest BCUT2D eigenvalue weighted by atomic mass is 10.1. The van der Waals surface area contributed by atoms with Gasteiger partial charge in [0.1, 0.15) is 0 Å². The molecule has 0 aliphatic carbocycles. The van der Waals surface area contributed by atoms with E-state index in [-0.39, 0.29) is 18.4 Å². The van der Waals surface area contributed by atoms with E-state index in [2.05, 4.69) is 11.4 Å². The second-order valence-electron chi connectivity index (χ2n) is 7.10. The van der Waals surface area contributed by atoms with E-state index in [9.17, 15) is 9.59 Å². The number of benzene rings is 2. The summed E-state index contributed by atoms with van der Waals surface area (Å²) in [6.45, 7) is 4.47. The van der Waals surface area contributed by atoms with Crippen molar-refractivity contribution in [3.63, 3.8) is 0 Å². The van der Waals surface area contributed by atoms with Gasteiger partial charge in [0.2, 0.25) is 5.91 Å². The first-order valence-electron chi connectivity index (χ1n) is 9.88. The molecule has 2 aliphatic heterocycles. The molecule has 0 radical (unpaired) electrons. The van der Waals surface area contributed by atoms with Crippen LogP contribution < -0.4 is 10.2 Å². The number of nitrogens with one attached hydrogen (secondary N) is 1. The molecule has 2 amide bonds. The molecule has 2 aromatic rings. The van der Waals surface area contributed by atoms with Gasteiger partial charge in [-0.1, -0.05) is 18.2 Å². The number of amides is 2. The monoisotopic (exact) mass is 427 g/mol. The Balaban J connectivity index is 1.45. The first kappa shape index (κ1) is 20.2. The van der Waals surface area contributed by atoms with Crippen molar-refractivity contribution in [3.8, 4) is 0 Å². The van der Waals surface area contributed by atoms with Crippen molar-refractivity contribution < 1.29 is 9.59 Å². The lowest BCUT2D eigenvalue weighted by molar-refractivity contribution is -0.117. The number of rotatable bonds is 4. The van der Waals surface area contributed by atoms with E-state index in [4.69, 9.17) is 0 Å². The summed E-state index contributed by atoms with van der Waals surface area (Å²) in [5.74, 6) is 3.01. The van der Waals surface area contributed by atoms with E-state index in [1.165, 1.54) is 0 Å². The van der Waals surface area contributed by atoms with Gasteiger partial charge in [-0.25, -0.2) is 0 Å². The van der Waals surface area contributed by atoms with E-state index in [1.807, 2.05) is 64.9 Å². The lowest BCUT2D eigenvalue weighted by Crippen LogP contribution is -2.39. The molecule has 2 aliphatic rings. The molecule has 1 fully saturated rings. The molecule has 152 valence electrons. The summed E-state index contributed by atoms with van der Waals surface area (Å²) in [6.07, 6.45) is 0. The Morgan fingerprint density at radius 1 is 1.00 bits per heavy atom. The Hall–Kier alpha value is -2.12. The predicted molar refractivity (Wildman–Crippen MR) is 122 cm³/mol. The van der Waals surface area contributed by atoms with Crippen LogP contribution >= 0.6 is 23.5 Å². The summed E-state index contributed by atoms with van der Waals surface area (Å²) in [7, 11) is 0. The highest BCUT2D eigenvalue weighted by Crippen LogP contribution is 2.34. The van der Waals surface area contributed by atoms with Gasteiger partial charge in [0.25, 0.3) is 5.91 Å². The molecule has 0 aromatic heterocycles. The van der Waals surface area contributed by atoms with E-state index >= 15 is 0 Å². The van der Waals surface area contributed by atoms with Crippen LogP contribution in [0.25, 0.3) is 0 Å². The Morgan fingerprint density at radius 3 is 2.62 bits per heavy atom. The second kappa shape index (κ2) is 9.13. The summed E-state index contributed by atoms with van der Waals surface area (Å²) in [5, 5.41) is 3.27. The standard InChI is InChI=1S/C22H25N3O2S2/c1-16-17(22(27)24-9-12-28-13-10-24)5-4-6-18(16)23-15-21(26)25-11-14-29-20-8-3-2-7-19(20)25/h2-8,23H,9-15H2,1H3. The number of carbonyl (C=O) groups is 2. The summed E-state index contributed by atoms with van der Waals surface area (Å²) in [4.78, 5) is 30.7. The van der Waals surface area contributed by atoms with E-state index < -0.39 is 0 Å². The fraction of sp³-hybridized carbons (Fsp3) is 0.364. The minimum absolute atomic E-state index is 0.0435. The highest BCUT2D eigenvalue weighted by atomic mass is 32.2. The van der Waals surface area contributed by atoms with Crippen LogP contribution in [0.2, 0.25) is 0 Å². The van der Waals surface area contributed by atoms with Crippen LogP contribution in [-0.4, -0.2) is 60.2 Å². The molecule has 0 spiro atoms. The molecule has 4 rings (SSSR count). The van der Waals surface area contributed by atoms with Crippen molar-refractivity contribution in [3.05, 3.63) is 53.6 Å². The van der Waals surface area contributed by atoms with Gasteiger partial charge in [-0.3, -0.25) is 9.59 Å². The van der Waals surface area contributed by atoms with Gasteiger partial charge >= 0.3 is 0 Å². The second-order valence-corrected chi connectivity index (χ2v) is 9.46. The summed E-state index contributed by atoms with van der Waals surface area (Å²) in [6, 6.07) is 13.7. The highest BCUT2D eigenvalue weighted by Gasteiger charge is 2.23. The van der Waals surface area contributed by atoms with Crippen LogP contribution in [0, 0.1) is 6.92 Å². The highest BCUT2D eigenvalue weighted by molar-refractivity contribution is 7.99. The van der Waals surface area contributed by atoms with E-state index in [0.717, 1.165) is 52.2 Å². The molecular weight excluding hydrogens is 402 g/mol. The van der Waals surface area contributed by atoms with Crippen LogP contribution in [0.1, 0.15) is 15.9 Å². The van der Waals surface area contributed by atoms with Gasteiger partial charge in [0.05, 0.1) is 12.2 Å². The SMILES string of the molecule is Cc1c(NCC(=O)N2CCSc3ccccc32)cccc1C(=O)N1CCSCC1. The molecule has 7 heteroatoms. The number of thioether (sulfide) groups is 2. The number of hydrogen-bond donors (Lipinski definition) is 1. The van der Waals surface area contributed by atoms with Crippen LogP contribution in [0.5, 0.6) is 0 Å². The minimum atomic E-state index is 0.0435. The molecule has 5 nitrogen and oxygen atoms in total. The fourth-order valence-corrected chi connectivity index (χ4v) is 5.59. The van der Waals surface area contributed by atoms with Crippen molar-refractivity contribution >= 4 is 46.7 Å². The zero-order valence-electron chi connectivity index (χ0n) is 16.5. The van der Waals surface area contributed by atoms with Crippen molar-refractivity contribution in [2.75, 3.05) is 53.7 Å². The number of hydrogen-bond acceptors (Lipinski definition) is 5. The Kier molecular flexibility index (Phi) is 6.35. The number of para-hydroxylation sites is 1. The zero-order valence-corrected chi connectivity index (χ0v) is 18.2. The number of nitrogens with zero attached hydrogens (tertiary/aromatic N) is 2. The van der Waals surface area contributed by atoms with Crippen LogP contribution in [0.4, 0.5) is 11.4 Å². The molecule has 2 aromatic carbocycles. The summed E-state index contributed by atoms with van der Waals surface area (Å²) >= 11 is 3.68. The average molecular weight is 428 g/mol. The quantitative estimate of drug-likeness (QED) is 0.806. The smallest absolute Gasteiger partial charge is 0.254 e. The third-order valence-corrected chi connectivity index (χ3v) is 7.31. The minimum Gasteiger partial charge on any atom is -0.376 e. The molecule has 2 heterocycles. The van der Waals surface area contributed by atoms with Crippen LogP contribution in [-0.2, 0) is 4.79 Å². The zero-order chi connectivity index (χ0) is 20.2. The van der Waals surface area contributed by atoms with Crippen LogP contribution in [0.3, 0.4) is 0 Å². The lowest BCUT2D eigenvalue weighted by Gasteiger charge is -2.29. The van der Waals surface area contributed by atoms with Gasteiger partial charge < -0.3 is 15.1 Å². The molecule has 29 heavy (non-hydrogen) atoms. The van der Waals surface area contributed by atoms with E-state index in [0.29, 0.717) is 12.1 Å². The average Bonchev–Trinajstić information content (AvgIpc) is 2.78. The number of anilines is 2. The van der Waals surface area contributed by atoms with Crippen LogP contribution in [0.15, 0.2) is 47.4 Å². The van der Waals surface area contributed by atoms with Gasteiger partial charge in [0.15, 0.2) is 0 Å². The van der Waals surface area contributed by atoms with Gasteiger partial charge in [0, 0.05) is 53.0 Å². The van der Waals surface area contributed by atoms with Crippen molar-refractivity contribution in [1.82, 2.24) is 4.90 Å². The van der Waals surface area contributed by atoms with E-state index in [1.54, 1.807) is 11.8 Å². The fourth-order valence-electron chi connectivity index (χ4n) is 3.69. The molecule has 1 N–H and O–H groups in total. The number of carbonyl (C=O) groups excluding carboxylic acids is 2. The van der Waals surface area contributed by atoms with Gasteiger partial charge in [-0.05, 0) is 36.8 Å². The maximum Gasteiger partial charge on any atom is 0.254 e. The molecular formula is C22H25N3O2S2. The third kappa shape index (κ3) is 4.41. The molecule has 0 atom stereocenters. The molecule has 0 bridgehead atoms. The van der Waals surface area contributed by atoms with Gasteiger partial charge in [-0.2, -0.15) is 11.8 Å². The first-order chi connectivity index (χ1) is 14.1. The largest absolute Gasteiger partial charge is 0.376 e. The molecule has 0 saturated carbocycles. The van der Waals surface area contributed by atoms with Crippen molar-refractivity contribution in [2.45, 2.75) is 11.8 Å². The predicted octanol–water partition coefficient (Wildman–Crippen LogP) is 3.73. The Morgan fingerprint density at radius 2 is 1.79 bits per heavy atom. The van der Waals surface area contributed by atoms with Crippen molar-refractivity contribution in [2.24, 2.45) is 0 Å². The third-order valence-electron chi connectivity index (χ3n) is 5.32. The molecule has 0 unspecified atom stereocenters. The van der Waals surface area contributed by atoms with Crippen molar-refractivity contribution in [1.29, 1.82) is 0 Å². The summed E-state index contributed by atoms with van der Waals surface area (Å²) < 4.78 is 0. The van der Waals surface area contributed by atoms with Gasteiger partial charge in [-0.15, -0.1) is 11.8 Å².